The third kappa shape index (κ3) is 4.18. The van der Waals surface area contributed by atoms with Crippen molar-refractivity contribution < 1.29 is 8.42 Å². The molecular weight excluding hydrogens is 212 g/mol. The van der Waals surface area contributed by atoms with Crippen LogP contribution in [0.4, 0.5) is 0 Å². The van der Waals surface area contributed by atoms with Gasteiger partial charge in [0.1, 0.15) is 5.54 Å². The first kappa shape index (κ1) is 12.5. The van der Waals surface area contributed by atoms with Crippen molar-refractivity contribution >= 4 is 10.0 Å². The van der Waals surface area contributed by atoms with Crippen LogP contribution in [0.5, 0.6) is 0 Å². The van der Waals surface area contributed by atoms with Crippen molar-refractivity contribution in [3.05, 3.63) is 0 Å². The number of rotatable bonds is 2. The second-order valence-corrected chi connectivity index (χ2v) is 6.08. The maximum Gasteiger partial charge on any atom is 0.210 e. The lowest BCUT2D eigenvalue weighted by atomic mass is 9.86. The van der Waals surface area contributed by atoms with E-state index in [0.29, 0.717) is 12.8 Å². The Hall–Kier alpha value is -0.600. The van der Waals surface area contributed by atoms with Gasteiger partial charge in [0.25, 0.3) is 0 Å². The second kappa shape index (κ2) is 4.95. The highest BCUT2D eigenvalue weighted by Gasteiger charge is 2.32. The molecule has 0 radical (unpaired) electrons. The van der Waals surface area contributed by atoms with Crippen LogP contribution in [0.15, 0.2) is 0 Å². The highest BCUT2D eigenvalue weighted by Crippen LogP contribution is 2.26. The molecule has 0 aromatic carbocycles. The predicted octanol–water partition coefficient (Wildman–Crippen LogP) is 1.54. The normalized spacial score (nSPS) is 22.4. The van der Waals surface area contributed by atoms with Gasteiger partial charge in [-0.15, -0.1) is 0 Å². The summed E-state index contributed by atoms with van der Waals surface area (Å²) in [5.74, 6) is 0. The fraction of sp³-hybridized carbons (Fsp3) is 0.900. The molecule has 0 spiro atoms. The van der Waals surface area contributed by atoms with E-state index in [0.717, 1.165) is 31.9 Å². The van der Waals surface area contributed by atoms with E-state index in [1.165, 1.54) is 6.42 Å². The molecule has 15 heavy (non-hydrogen) atoms. The van der Waals surface area contributed by atoms with Crippen LogP contribution in [0.25, 0.3) is 0 Å². The van der Waals surface area contributed by atoms with Gasteiger partial charge in [-0.25, -0.2) is 8.42 Å². The van der Waals surface area contributed by atoms with E-state index in [1.807, 2.05) is 0 Å². The third-order valence-corrected chi connectivity index (χ3v) is 3.56. The molecule has 1 aliphatic carbocycles. The molecule has 86 valence electrons. The summed E-state index contributed by atoms with van der Waals surface area (Å²) >= 11 is 0. The highest BCUT2D eigenvalue weighted by molar-refractivity contribution is 7.88. The van der Waals surface area contributed by atoms with E-state index in [9.17, 15) is 8.42 Å². The largest absolute Gasteiger partial charge is 0.213 e. The van der Waals surface area contributed by atoms with Gasteiger partial charge < -0.3 is 0 Å². The first-order chi connectivity index (χ1) is 6.97. The maximum atomic E-state index is 11.2. The van der Waals surface area contributed by atoms with Crippen LogP contribution < -0.4 is 4.72 Å². The van der Waals surface area contributed by atoms with Crippen molar-refractivity contribution in [3.8, 4) is 6.07 Å². The van der Waals surface area contributed by atoms with Crippen LogP contribution in [0.3, 0.4) is 0 Å². The van der Waals surface area contributed by atoms with Crippen LogP contribution in [0, 0.1) is 11.3 Å². The maximum absolute atomic E-state index is 11.2. The smallest absolute Gasteiger partial charge is 0.210 e. The minimum Gasteiger partial charge on any atom is -0.213 e. The van der Waals surface area contributed by atoms with Gasteiger partial charge >= 0.3 is 0 Å². The number of nitrogens with one attached hydrogen (secondary N) is 1. The number of hydrogen-bond donors (Lipinski definition) is 1. The Morgan fingerprint density at radius 1 is 1.13 bits per heavy atom. The molecule has 5 heteroatoms. The lowest BCUT2D eigenvalue weighted by Gasteiger charge is -2.28. The summed E-state index contributed by atoms with van der Waals surface area (Å²) in [4.78, 5) is 0. The van der Waals surface area contributed by atoms with Gasteiger partial charge in [-0.1, -0.05) is 32.1 Å². The van der Waals surface area contributed by atoms with Crippen LogP contribution >= 0.6 is 0 Å². The van der Waals surface area contributed by atoms with Crippen LogP contribution in [0.2, 0.25) is 0 Å². The molecule has 0 aromatic rings. The zero-order chi connectivity index (χ0) is 11.4. The van der Waals surface area contributed by atoms with Crippen molar-refractivity contribution in [2.45, 2.75) is 50.5 Å². The Morgan fingerprint density at radius 2 is 1.60 bits per heavy atom. The van der Waals surface area contributed by atoms with Gasteiger partial charge in [0, 0.05) is 0 Å². The van der Waals surface area contributed by atoms with E-state index in [-0.39, 0.29) is 0 Å². The molecule has 0 amide bonds. The third-order valence-electron chi connectivity index (χ3n) is 2.80. The monoisotopic (exact) mass is 230 g/mol. The number of nitriles is 1. The summed E-state index contributed by atoms with van der Waals surface area (Å²) in [6.45, 7) is 0. The van der Waals surface area contributed by atoms with Crippen molar-refractivity contribution in [2.75, 3.05) is 6.26 Å². The van der Waals surface area contributed by atoms with Gasteiger partial charge in [0.05, 0.1) is 12.3 Å². The zero-order valence-corrected chi connectivity index (χ0v) is 9.94. The van der Waals surface area contributed by atoms with Crippen LogP contribution in [-0.2, 0) is 10.0 Å². The minimum absolute atomic E-state index is 0.635. The summed E-state index contributed by atoms with van der Waals surface area (Å²) in [5.41, 5.74) is -0.853. The van der Waals surface area contributed by atoms with E-state index >= 15 is 0 Å². The molecular formula is C10H18N2O2S. The molecule has 1 N–H and O–H groups in total. The molecule has 1 aliphatic rings. The Bertz CT molecular complexity index is 335. The lowest BCUT2D eigenvalue weighted by Crippen LogP contribution is -2.47. The molecule has 0 bridgehead atoms. The van der Waals surface area contributed by atoms with E-state index in [1.54, 1.807) is 0 Å². The predicted molar refractivity (Wildman–Crippen MR) is 58.6 cm³/mol. The minimum atomic E-state index is -3.29. The quantitative estimate of drug-likeness (QED) is 0.782. The number of sulfonamides is 1. The average molecular weight is 230 g/mol. The van der Waals surface area contributed by atoms with Crippen molar-refractivity contribution in [1.29, 1.82) is 5.26 Å². The number of nitrogens with zero attached hydrogens (tertiary/aromatic N) is 1. The van der Waals surface area contributed by atoms with Crippen molar-refractivity contribution in [2.24, 2.45) is 0 Å². The molecule has 1 saturated carbocycles. The molecule has 0 aromatic heterocycles. The molecule has 0 heterocycles. The molecule has 1 fully saturated rings. The van der Waals surface area contributed by atoms with Gasteiger partial charge in [-0.3, -0.25) is 0 Å². The van der Waals surface area contributed by atoms with Crippen LogP contribution in [0.1, 0.15) is 44.9 Å². The van der Waals surface area contributed by atoms with E-state index in [4.69, 9.17) is 5.26 Å². The highest BCUT2D eigenvalue weighted by atomic mass is 32.2. The molecule has 0 unspecified atom stereocenters. The SMILES string of the molecule is CS(=O)(=O)NC1(C#N)CCCCCCC1. The molecule has 1 rings (SSSR count). The van der Waals surface area contributed by atoms with Crippen LogP contribution in [-0.4, -0.2) is 20.2 Å². The van der Waals surface area contributed by atoms with Gasteiger partial charge in [0.2, 0.25) is 10.0 Å². The number of hydrogen-bond acceptors (Lipinski definition) is 3. The summed E-state index contributed by atoms with van der Waals surface area (Å²) in [6.07, 6.45) is 7.62. The van der Waals surface area contributed by atoms with Gasteiger partial charge in [0.15, 0.2) is 0 Å². The van der Waals surface area contributed by atoms with Crippen molar-refractivity contribution in [1.82, 2.24) is 4.72 Å². The summed E-state index contributed by atoms with van der Waals surface area (Å²) in [6, 6.07) is 2.15. The Morgan fingerprint density at radius 3 is 2.00 bits per heavy atom. The average Bonchev–Trinajstić information content (AvgIpc) is 2.08. The van der Waals surface area contributed by atoms with E-state index in [2.05, 4.69) is 10.8 Å². The first-order valence-corrected chi connectivity index (χ1v) is 7.27. The Balaban J connectivity index is 2.76. The molecule has 4 nitrogen and oxygen atoms in total. The lowest BCUT2D eigenvalue weighted by molar-refractivity contribution is 0.358. The summed E-state index contributed by atoms with van der Waals surface area (Å²) in [7, 11) is -3.29. The zero-order valence-electron chi connectivity index (χ0n) is 9.12. The second-order valence-electron chi connectivity index (χ2n) is 4.34. The van der Waals surface area contributed by atoms with E-state index < -0.39 is 15.6 Å². The summed E-state index contributed by atoms with van der Waals surface area (Å²) < 4.78 is 24.9. The fourth-order valence-corrected chi connectivity index (χ4v) is 3.06. The molecule has 0 atom stereocenters. The molecule has 0 aliphatic heterocycles. The standard InChI is InChI=1S/C10H18N2O2S/c1-15(13,14)12-10(9-11)7-5-3-2-4-6-8-10/h12H,2-8H2,1H3. The topological polar surface area (TPSA) is 70.0 Å². The fourth-order valence-electron chi connectivity index (χ4n) is 2.10. The Kier molecular flexibility index (Phi) is 4.12. The summed E-state index contributed by atoms with van der Waals surface area (Å²) in [5, 5.41) is 9.14. The first-order valence-electron chi connectivity index (χ1n) is 5.38. The van der Waals surface area contributed by atoms with Crippen molar-refractivity contribution in [3.63, 3.8) is 0 Å². The molecule has 0 saturated heterocycles. The van der Waals surface area contributed by atoms with Gasteiger partial charge in [-0.2, -0.15) is 9.98 Å². The Labute approximate surface area is 91.7 Å². The van der Waals surface area contributed by atoms with Gasteiger partial charge in [-0.05, 0) is 12.8 Å².